The normalized spacial score (nSPS) is 22.0. The second-order valence-corrected chi connectivity index (χ2v) is 6.32. The molecule has 1 fully saturated rings. The van der Waals surface area contributed by atoms with Crippen molar-refractivity contribution in [2.24, 2.45) is 11.7 Å². The second-order valence-electron chi connectivity index (χ2n) is 5.47. The van der Waals surface area contributed by atoms with Gasteiger partial charge >= 0.3 is 0 Å². The van der Waals surface area contributed by atoms with Gasteiger partial charge in [-0.05, 0) is 36.8 Å². The quantitative estimate of drug-likeness (QED) is 0.793. The number of carbonyl (C=O) groups excluding carboxylic acids is 1. The summed E-state index contributed by atoms with van der Waals surface area (Å²) in [5, 5.41) is 3.49. The van der Waals surface area contributed by atoms with Crippen molar-refractivity contribution in [1.82, 2.24) is 5.32 Å². The van der Waals surface area contributed by atoms with Crippen molar-refractivity contribution in [2.45, 2.75) is 43.2 Å². The topological polar surface area (TPSA) is 64.3 Å². The lowest BCUT2D eigenvalue weighted by atomic mass is 9.84. The Kier molecular flexibility index (Phi) is 5.94. The molecule has 0 radical (unpaired) electrons. The minimum Gasteiger partial charge on any atom is -0.496 e. The molecule has 1 aromatic carbocycles. The Balaban J connectivity index is 2.00. The Morgan fingerprint density at radius 1 is 1.43 bits per heavy atom. The van der Waals surface area contributed by atoms with E-state index in [0.29, 0.717) is 0 Å². The van der Waals surface area contributed by atoms with Crippen LogP contribution in [0.1, 0.15) is 31.2 Å². The van der Waals surface area contributed by atoms with E-state index in [1.165, 1.54) is 5.56 Å². The Morgan fingerprint density at radius 2 is 2.19 bits per heavy atom. The summed E-state index contributed by atoms with van der Waals surface area (Å²) in [5.41, 5.74) is 6.67. The fourth-order valence-corrected chi connectivity index (χ4v) is 3.50. The average Bonchev–Trinajstić information content (AvgIpc) is 2.52. The van der Waals surface area contributed by atoms with Gasteiger partial charge < -0.3 is 15.8 Å². The van der Waals surface area contributed by atoms with Gasteiger partial charge in [0.25, 0.3) is 0 Å². The summed E-state index contributed by atoms with van der Waals surface area (Å²) < 4.78 is 5.41. The lowest BCUT2D eigenvalue weighted by Crippen LogP contribution is -2.44. The van der Waals surface area contributed by atoms with Crippen LogP contribution in [-0.4, -0.2) is 25.3 Å². The number of rotatable bonds is 6. The first-order valence-electron chi connectivity index (χ1n) is 7.39. The molecule has 2 atom stereocenters. The first-order valence-corrected chi connectivity index (χ1v) is 8.61. The van der Waals surface area contributed by atoms with Crippen LogP contribution in [0.15, 0.2) is 23.1 Å². The van der Waals surface area contributed by atoms with Crippen molar-refractivity contribution in [3.05, 3.63) is 23.8 Å². The van der Waals surface area contributed by atoms with Crippen LogP contribution in [0.2, 0.25) is 0 Å². The van der Waals surface area contributed by atoms with Crippen LogP contribution in [-0.2, 0) is 11.3 Å². The van der Waals surface area contributed by atoms with Crippen molar-refractivity contribution in [2.75, 3.05) is 13.4 Å². The number of primary amides is 1. The highest BCUT2D eigenvalue weighted by molar-refractivity contribution is 7.98. The van der Waals surface area contributed by atoms with Gasteiger partial charge in [0.05, 0.1) is 13.0 Å². The van der Waals surface area contributed by atoms with E-state index in [9.17, 15) is 4.79 Å². The molecule has 1 aliphatic rings. The van der Waals surface area contributed by atoms with E-state index >= 15 is 0 Å². The highest BCUT2D eigenvalue weighted by Gasteiger charge is 2.28. The van der Waals surface area contributed by atoms with Crippen LogP contribution in [0.3, 0.4) is 0 Å². The maximum absolute atomic E-state index is 11.5. The summed E-state index contributed by atoms with van der Waals surface area (Å²) in [4.78, 5) is 12.7. The number of benzene rings is 1. The summed E-state index contributed by atoms with van der Waals surface area (Å²) in [6, 6.07) is 6.43. The third kappa shape index (κ3) is 4.14. The van der Waals surface area contributed by atoms with Gasteiger partial charge in [0.1, 0.15) is 5.75 Å². The van der Waals surface area contributed by atoms with Gasteiger partial charge in [-0.1, -0.05) is 18.9 Å². The second kappa shape index (κ2) is 7.71. The number of ether oxygens (including phenoxy) is 1. The Hall–Kier alpha value is -1.20. The van der Waals surface area contributed by atoms with E-state index in [-0.39, 0.29) is 17.9 Å². The molecule has 1 saturated carbocycles. The highest BCUT2D eigenvalue weighted by atomic mass is 32.2. The number of methoxy groups -OCH3 is 1. The van der Waals surface area contributed by atoms with E-state index in [1.54, 1.807) is 18.9 Å². The van der Waals surface area contributed by atoms with Crippen molar-refractivity contribution < 1.29 is 9.53 Å². The molecule has 0 unspecified atom stereocenters. The first kappa shape index (κ1) is 16.2. The predicted octanol–water partition coefficient (Wildman–Crippen LogP) is 2.55. The van der Waals surface area contributed by atoms with Crippen molar-refractivity contribution >= 4 is 17.7 Å². The third-order valence-electron chi connectivity index (χ3n) is 4.15. The van der Waals surface area contributed by atoms with Gasteiger partial charge in [-0.15, -0.1) is 11.8 Å². The smallest absolute Gasteiger partial charge is 0.222 e. The Bertz CT molecular complexity index is 493. The van der Waals surface area contributed by atoms with Gasteiger partial charge in [-0.3, -0.25) is 4.79 Å². The molecule has 1 amide bonds. The van der Waals surface area contributed by atoms with E-state index in [4.69, 9.17) is 10.5 Å². The number of hydrogen-bond acceptors (Lipinski definition) is 4. The van der Waals surface area contributed by atoms with Gasteiger partial charge in [0.2, 0.25) is 5.91 Å². The number of carbonyl (C=O) groups is 1. The molecule has 0 spiro atoms. The molecule has 4 nitrogen and oxygen atoms in total. The average molecular weight is 308 g/mol. The van der Waals surface area contributed by atoms with Crippen molar-refractivity contribution in [1.29, 1.82) is 0 Å². The van der Waals surface area contributed by atoms with Gasteiger partial charge in [-0.25, -0.2) is 0 Å². The van der Waals surface area contributed by atoms with Crippen molar-refractivity contribution in [3.8, 4) is 5.75 Å². The molecule has 0 aromatic heterocycles. The maximum atomic E-state index is 11.5. The third-order valence-corrected chi connectivity index (χ3v) is 4.92. The van der Waals surface area contributed by atoms with Crippen LogP contribution in [0.25, 0.3) is 0 Å². The molecular formula is C16H24N2O2S. The lowest BCUT2D eigenvalue weighted by molar-refractivity contribution is -0.123. The zero-order valence-electron chi connectivity index (χ0n) is 12.7. The monoisotopic (exact) mass is 308 g/mol. The number of amides is 1. The largest absolute Gasteiger partial charge is 0.496 e. The molecule has 5 heteroatoms. The van der Waals surface area contributed by atoms with Gasteiger partial charge in [0, 0.05) is 17.5 Å². The summed E-state index contributed by atoms with van der Waals surface area (Å²) in [7, 11) is 1.69. The maximum Gasteiger partial charge on any atom is 0.222 e. The van der Waals surface area contributed by atoms with E-state index in [0.717, 1.165) is 42.9 Å². The number of thioether (sulfide) groups is 1. The van der Waals surface area contributed by atoms with Crippen LogP contribution in [0, 0.1) is 5.92 Å². The van der Waals surface area contributed by atoms with E-state index in [1.807, 2.05) is 6.26 Å². The fourth-order valence-electron chi connectivity index (χ4n) is 2.96. The van der Waals surface area contributed by atoms with Gasteiger partial charge in [0.15, 0.2) is 0 Å². The Morgan fingerprint density at radius 3 is 2.86 bits per heavy atom. The minimum atomic E-state index is -0.178. The predicted molar refractivity (Wildman–Crippen MR) is 86.6 cm³/mol. The molecule has 0 aliphatic heterocycles. The molecule has 0 heterocycles. The van der Waals surface area contributed by atoms with Crippen LogP contribution >= 0.6 is 11.8 Å². The summed E-state index contributed by atoms with van der Waals surface area (Å²) in [6.45, 7) is 0.736. The summed E-state index contributed by atoms with van der Waals surface area (Å²) in [6.07, 6.45) is 6.23. The lowest BCUT2D eigenvalue weighted by Gasteiger charge is -2.30. The number of nitrogens with one attached hydrogen (secondary N) is 1. The van der Waals surface area contributed by atoms with Crippen LogP contribution < -0.4 is 15.8 Å². The number of hydrogen-bond donors (Lipinski definition) is 2. The molecule has 21 heavy (non-hydrogen) atoms. The van der Waals surface area contributed by atoms with Gasteiger partial charge in [-0.2, -0.15) is 0 Å². The SMILES string of the molecule is COc1cc(CN[C@@H]2CCCC[C@H]2C(N)=O)ccc1SC. The molecule has 0 bridgehead atoms. The highest BCUT2D eigenvalue weighted by Crippen LogP contribution is 2.29. The molecule has 0 saturated heterocycles. The molecule has 2 rings (SSSR count). The fraction of sp³-hybridized carbons (Fsp3) is 0.562. The molecule has 1 aromatic rings. The molecule has 1 aliphatic carbocycles. The van der Waals surface area contributed by atoms with Crippen LogP contribution in [0.4, 0.5) is 0 Å². The van der Waals surface area contributed by atoms with E-state index < -0.39 is 0 Å². The summed E-state index contributed by atoms with van der Waals surface area (Å²) in [5.74, 6) is 0.686. The van der Waals surface area contributed by atoms with Crippen molar-refractivity contribution in [3.63, 3.8) is 0 Å². The zero-order chi connectivity index (χ0) is 15.2. The first-order chi connectivity index (χ1) is 10.2. The zero-order valence-corrected chi connectivity index (χ0v) is 13.5. The molecule has 116 valence electrons. The minimum absolute atomic E-state index is 0.0360. The standard InChI is InChI=1S/C16H24N2O2S/c1-20-14-9-11(7-8-15(14)21-2)10-18-13-6-4-3-5-12(13)16(17)19/h7-9,12-13,18H,3-6,10H2,1-2H3,(H2,17,19)/t12-,13-/m1/s1. The molecular weight excluding hydrogens is 284 g/mol. The Labute approximate surface area is 130 Å². The number of nitrogens with two attached hydrogens (primary N) is 1. The summed E-state index contributed by atoms with van der Waals surface area (Å²) >= 11 is 1.67. The van der Waals surface area contributed by atoms with E-state index in [2.05, 4.69) is 23.5 Å². The van der Waals surface area contributed by atoms with Crippen LogP contribution in [0.5, 0.6) is 5.75 Å². The molecule has 3 N–H and O–H groups in total.